The van der Waals surface area contributed by atoms with Crippen LogP contribution in [0.15, 0.2) is 34.5 Å². The summed E-state index contributed by atoms with van der Waals surface area (Å²) < 4.78 is 0. The van der Waals surface area contributed by atoms with E-state index in [2.05, 4.69) is 20.1 Å². The maximum absolute atomic E-state index is 8.23. The van der Waals surface area contributed by atoms with Crippen LogP contribution >= 0.6 is 0 Å². The van der Waals surface area contributed by atoms with E-state index in [1.165, 1.54) is 0 Å². The highest BCUT2D eigenvalue weighted by molar-refractivity contribution is 5.39. The number of hydrogen-bond donors (Lipinski definition) is 0. The third-order valence-corrected chi connectivity index (χ3v) is 1.76. The van der Waals surface area contributed by atoms with Gasteiger partial charge in [0, 0.05) is 15.5 Å². The Balaban J connectivity index is 2.92. The average molecular weight is 188 g/mol. The van der Waals surface area contributed by atoms with Crippen LogP contribution in [0.3, 0.4) is 0 Å². The fourth-order valence-electron chi connectivity index (χ4n) is 1.02. The summed E-state index contributed by atoms with van der Waals surface area (Å²) in [5.74, 6) is 0. The Kier molecular flexibility index (Phi) is 3.38. The van der Waals surface area contributed by atoms with Gasteiger partial charge in [-0.2, -0.15) is 0 Å². The fraction of sp³-hybridized carbons (Fsp3) is 0.250. The van der Waals surface area contributed by atoms with Gasteiger partial charge in [0.15, 0.2) is 0 Å². The van der Waals surface area contributed by atoms with E-state index in [-0.39, 0.29) is 6.04 Å². The molecular weight excluding hydrogens is 180 g/mol. The average Bonchev–Trinajstić information content (AvgIpc) is 2.20. The first kappa shape index (κ1) is 9.92. The van der Waals surface area contributed by atoms with Gasteiger partial charge >= 0.3 is 0 Å². The number of benzene rings is 1. The summed E-state index contributed by atoms with van der Waals surface area (Å²) in [6.45, 7) is 1.79. The molecule has 6 nitrogen and oxygen atoms in total. The van der Waals surface area contributed by atoms with Crippen LogP contribution in [0.1, 0.15) is 18.5 Å². The third kappa shape index (κ3) is 2.42. The van der Waals surface area contributed by atoms with Crippen molar-refractivity contribution in [1.82, 2.24) is 0 Å². The second-order valence-electron chi connectivity index (χ2n) is 2.66. The SMILES string of the molecule is CC(N=[N+]=[N-])c1ccc(N=[N+]=[N-])cc1. The van der Waals surface area contributed by atoms with Gasteiger partial charge in [-0.05, 0) is 16.6 Å². The second-order valence-corrected chi connectivity index (χ2v) is 2.66. The summed E-state index contributed by atoms with van der Waals surface area (Å²) in [6.07, 6.45) is 0. The predicted molar refractivity (Wildman–Crippen MR) is 52.8 cm³/mol. The van der Waals surface area contributed by atoms with Gasteiger partial charge in [0.2, 0.25) is 0 Å². The Morgan fingerprint density at radius 3 is 2.29 bits per heavy atom. The van der Waals surface area contributed by atoms with Crippen molar-refractivity contribution >= 4 is 5.69 Å². The lowest BCUT2D eigenvalue weighted by molar-refractivity contribution is 0.808. The van der Waals surface area contributed by atoms with E-state index in [0.29, 0.717) is 5.69 Å². The molecule has 1 unspecified atom stereocenters. The fourth-order valence-corrected chi connectivity index (χ4v) is 1.02. The minimum absolute atomic E-state index is 0.208. The van der Waals surface area contributed by atoms with Gasteiger partial charge < -0.3 is 0 Å². The molecule has 1 rings (SSSR count). The second kappa shape index (κ2) is 4.77. The molecule has 0 N–H and O–H groups in total. The van der Waals surface area contributed by atoms with Crippen LogP contribution in [0.2, 0.25) is 0 Å². The van der Waals surface area contributed by atoms with Gasteiger partial charge in [-0.25, -0.2) is 0 Å². The van der Waals surface area contributed by atoms with Crippen molar-refractivity contribution in [1.29, 1.82) is 0 Å². The zero-order valence-corrected chi connectivity index (χ0v) is 7.57. The number of azide groups is 2. The van der Waals surface area contributed by atoms with Gasteiger partial charge in [0.1, 0.15) is 0 Å². The molecule has 6 heteroatoms. The molecule has 0 saturated carbocycles. The molecule has 1 aromatic carbocycles. The Labute approximate surface area is 80.4 Å². The lowest BCUT2D eigenvalue weighted by atomic mass is 10.1. The Hall–Kier alpha value is -2.16. The predicted octanol–water partition coefficient (Wildman–Crippen LogP) is 4.00. The standard InChI is InChI=1S/C8H8N6/c1-6(11-13-9)7-2-4-8(5-3-7)12-14-10/h2-6H,1H3. The van der Waals surface area contributed by atoms with Crippen LogP contribution in [0.25, 0.3) is 20.9 Å². The summed E-state index contributed by atoms with van der Waals surface area (Å²) >= 11 is 0. The van der Waals surface area contributed by atoms with Gasteiger partial charge in [-0.3, -0.25) is 0 Å². The summed E-state index contributed by atoms with van der Waals surface area (Å²) in [5, 5.41) is 6.98. The maximum atomic E-state index is 8.23. The van der Waals surface area contributed by atoms with Crippen molar-refractivity contribution in [2.24, 2.45) is 10.2 Å². The summed E-state index contributed by atoms with van der Waals surface area (Å²) in [6, 6.07) is 6.68. The van der Waals surface area contributed by atoms with Crippen LogP contribution in [0, 0.1) is 0 Å². The van der Waals surface area contributed by atoms with Gasteiger partial charge in [0.05, 0.1) is 6.04 Å². The van der Waals surface area contributed by atoms with Crippen molar-refractivity contribution in [2.45, 2.75) is 13.0 Å². The van der Waals surface area contributed by atoms with E-state index >= 15 is 0 Å². The molecular formula is C8H8N6. The molecule has 0 fully saturated rings. The number of nitrogens with zero attached hydrogens (tertiary/aromatic N) is 6. The lowest BCUT2D eigenvalue weighted by Gasteiger charge is -2.03. The van der Waals surface area contributed by atoms with E-state index in [1.807, 2.05) is 0 Å². The highest BCUT2D eigenvalue weighted by Gasteiger charge is 2.01. The lowest BCUT2D eigenvalue weighted by Crippen LogP contribution is -1.86. The quantitative estimate of drug-likeness (QED) is 0.389. The van der Waals surface area contributed by atoms with E-state index in [9.17, 15) is 0 Å². The first-order chi connectivity index (χ1) is 6.77. The maximum Gasteiger partial charge on any atom is 0.0597 e. The van der Waals surface area contributed by atoms with Crippen molar-refractivity contribution in [3.05, 3.63) is 50.7 Å². The molecule has 0 radical (unpaired) electrons. The van der Waals surface area contributed by atoms with Crippen LogP contribution in [0.5, 0.6) is 0 Å². The topological polar surface area (TPSA) is 97.5 Å². The minimum atomic E-state index is -0.208. The van der Waals surface area contributed by atoms with Crippen LogP contribution < -0.4 is 0 Å². The molecule has 0 aliphatic heterocycles. The first-order valence-electron chi connectivity index (χ1n) is 3.97. The zero-order valence-electron chi connectivity index (χ0n) is 7.57. The molecule has 0 bridgehead atoms. The molecule has 0 spiro atoms. The molecule has 0 aliphatic carbocycles. The monoisotopic (exact) mass is 188 g/mol. The molecule has 70 valence electrons. The minimum Gasteiger partial charge on any atom is -0.0862 e. The van der Waals surface area contributed by atoms with E-state index in [4.69, 9.17) is 11.1 Å². The number of hydrogen-bond acceptors (Lipinski definition) is 2. The van der Waals surface area contributed by atoms with Crippen molar-refractivity contribution < 1.29 is 0 Å². The summed E-state index contributed by atoms with van der Waals surface area (Å²) in [4.78, 5) is 5.37. The van der Waals surface area contributed by atoms with Crippen molar-refractivity contribution in [3.8, 4) is 0 Å². The highest BCUT2D eigenvalue weighted by Crippen LogP contribution is 2.20. The summed E-state index contributed by atoms with van der Waals surface area (Å²) in [5.41, 5.74) is 17.8. The Morgan fingerprint density at radius 2 is 1.79 bits per heavy atom. The Bertz CT molecular complexity index is 396. The van der Waals surface area contributed by atoms with Crippen molar-refractivity contribution in [2.75, 3.05) is 0 Å². The summed E-state index contributed by atoms with van der Waals surface area (Å²) in [7, 11) is 0. The molecule has 1 aromatic rings. The molecule has 0 aliphatic rings. The van der Waals surface area contributed by atoms with Gasteiger partial charge in [0.25, 0.3) is 0 Å². The highest BCUT2D eigenvalue weighted by atomic mass is 15.1. The van der Waals surface area contributed by atoms with Gasteiger partial charge in [-0.1, -0.05) is 41.4 Å². The van der Waals surface area contributed by atoms with E-state index in [1.54, 1.807) is 31.2 Å². The van der Waals surface area contributed by atoms with Crippen LogP contribution in [0.4, 0.5) is 5.69 Å². The molecule has 0 amide bonds. The van der Waals surface area contributed by atoms with Gasteiger partial charge in [-0.15, -0.1) is 0 Å². The third-order valence-electron chi connectivity index (χ3n) is 1.76. The van der Waals surface area contributed by atoms with Crippen LogP contribution in [-0.2, 0) is 0 Å². The largest absolute Gasteiger partial charge is 0.0862 e. The van der Waals surface area contributed by atoms with E-state index in [0.717, 1.165) is 5.56 Å². The normalized spacial score (nSPS) is 10.9. The molecule has 0 heterocycles. The first-order valence-corrected chi connectivity index (χ1v) is 3.97. The molecule has 0 saturated heterocycles. The smallest absolute Gasteiger partial charge is 0.0597 e. The molecule has 1 atom stereocenters. The Morgan fingerprint density at radius 1 is 1.14 bits per heavy atom. The van der Waals surface area contributed by atoms with Crippen molar-refractivity contribution in [3.63, 3.8) is 0 Å². The van der Waals surface area contributed by atoms with Crippen LogP contribution in [-0.4, -0.2) is 0 Å². The zero-order chi connectivity index (χ0) is 10.4. The molecule has 14 heavy (non-hydrogen) atoms. The number of rotatable bonds is 3. The molecule has 0 aromatic heterocycles. The van der Waals surface area contributed by atoms with E-state index < -0.39 is 0 Å².